The molecular formula is C22H23F2N7O2. The molecule has 0 spiro atoms. The smallest absolute Gasteiger partial charge is 0.289 e. The minimum atomic E-state index is -0.725. The van der Waals surface area contributed by atoms with E-state index < -0.39 is 23.6 Å². The van der Waals surface area contributed by atoms with Crippen LogP contribution in [0.25, 0.3) is 0 Å². The van der Waals surface area contributed by atoms with E-state index >= 15 is 0 Å². The summed E-state index contributed by atoms with van der Waals surface area (Å²) in [6, 6.07) is 5.40. The highest BCUT2D eigenvalue weighted by atomic mass is 19.1. The molecule has 1 amide bonds. The number of pyridine rings is 1. The number of amidine groups is 1. The number of aromatic amines is 1. The van der Waals surface area contributed by atoms with Crippen molar-refractivity contribution < 1.29 is 13.6 Å². The third-order valence-electron chi connectivity index (χ3n) is 5.16. The predicted molar refractivity (Wildman–Crippen MR) is 123 cm³/mol. The number of amides is 1. The molecule has 33 heavy (non-hydrogen) atoms. The fourth-order valence-corrected chi connectivity index (χ4v) is 3.53. The van der Waals surface area contributed by atoms with Crippen molar-refractivity contribution in [3.8, 4) is 0 Å². The zero-order chi connectivity index (χ0) is 24.1. The van der Waals surface area contributed by atoms with Gasteiger partial charge in [-0.3, -0.25) is 14.6 Å². The van der Waals surface area contributed by atoms with Crippen molar-refractivity contribution in [3.05, 3.63) is 75.4 Å². The number of carbonyl (C=O) groups is 1. The molecule has 11 heteroatoms. The maximum absolute atomic E-state index is 13.7. The lowest BCUT2D eigenvalue weighted by molar-refractivity contribution is -0.125. The fourth-order valence-electron chi connectivity index (χ4n) is 3.53. The first-order valence-corrected chi connectivity index (χ1v) is 9.99. The van der Waals surface area contributed by atoms with Crippen molar-refractivity contribution in [3.63, 3.8) is 0 Å². The minimum absolute atomic E-state index is 0.244. The van der Waals surface area contributed by atoms with Crippen molar-refractivity contribution in [2.75, 3.05) is 13.6 Å². The van der Waals surface area contributed by atoms with Gasteiger partial charge < -0.3 is 21.4 Å². The zero-order valence-corrected chi connectivity index (χ0v) is 18.0. The summed E-state index contributed by atoms with van der Waals surface area (Å²) in [4.78, 5) is 40.0. The number of aliphatic imine (C=N–C) groups is 3. The molecular weight excluding hydrogens is 432 g/mol. The monoisotopic (exact) mass is 455 g/mol. The first-order chi connectivity index (χ1) is 15.7. The van der Waals surface area contributed by atoms with Gasteiger partial charge in [-0.2, -0.15) is 0 Å². The molecule has 1 aromatic carbocycles. The van der Waals surface area contributed by atoms with Gasteiger partial charge in [0.2, 0.25) is 5.56 Å². The summed E-state index contributed by atoms with van der Waals surface area (Å²) < 4.78 is 27.4. The van der Waals surface area contributed by atoms with Crippen LogP contribution in [-0.2, 0) is 4.79 Å². The summed E-state index contributed by atoms with van der Waals surface area (Å²) in [7, 11) is 1.51. The van der Waals surface area contributed by atoms with Crippen molar-refractivity contribution in [1.82, 2.24) is 9.88 Å². The van der Waals surface area contributed by atoms with Gasteiger partial charge in [0.15, 0.2) is 5.84 Å². The molecule has 1 atom stereocenters. The van der Waals surface area contributed by atoms with Crippen LogP contribution in [-0.4, -0.2) is 53.3 Å². The summed E-state index contributed by atoms with van der Waals surface area (Å²) >= 11 is 0. The Morgan fingerprint density at radius 2 is 1.94 bits per heavy atom. The maximum atomic E-state index is 13.7. The standard InChI is InChI=1S/C22H23F2N7O2/c1-12-19(25)17(20(27-2)13-7-14(23)9-15(24)8-13)4-6-31(12)22(33)21(26)30-11-29-16-3-5-28-18(32)10-16/h3,5,7-12H,4,6,25H2,1-2H3,(H3,26,28,29,30,32). The van der Waals surface area contributed by atoms with Crippen LogP contribution in [0, 0.1) is 11.6 Å². The van der Waals surface area contributed by atoms with E-state index in [0.717, 1.165) is 12.4 Å². The van der Waals surface area contributed by atoms with E-state index in [1.165, 1.54) is 36.3 Å². The van der Waals surface area contributed by atoms with Crippen LogP contribution in [0.1, 0.15) is 18.9 Å². The third-order valence-corrected chi connectivity index (χ3v) is 5.16. The van der Waals surface area contributed by atoms with Crippen LogP contribution in [0.5, 0.6) is 0 Å². The highest BCUT2D eigenvalue weighted by molar-refractivity contribution is 6.38. The summed E-state index contributed by atoms with van der Waals surface area (Å²) in [5, 5.41) is 0. The van der Waals surface area contributed by atoms with E-state index in [1.807, 2.05) is 0 Å². The number of hydrogen-bond donors (Lipinski definition) is 3. The number of benzene rings is 1. The molecule has 1 aromatic heterocycles. The van der Waals surface area contributed by atoms with Crippen molar-refractivity contribution in [2.45, 2.75) is 19.4 Å². The van der Waals surface area contributed by atoms with Crippen LogP contribution in [0.2, 0.25) is 0 Å². The van der Waals surface area contributed by atoms with Gasteiger partial charge in [0.25, 0.3) is 5.91 Å². The zero-order valence-electron chi connectivity index (χ0n) is 18.0. The summed E-state index contributed by atoms with van der Waals surface area (Å²) in [6.45, 7) is 1.96. The van der Waals surface area contributed by atoms with E-state index in [2.05, 4.69) is 20.0 Å². The number of nitrogens with two attached hydrogens (primary N) is 2. The lowest BCUT2D eigenvalue weighted by Gasteiger charge is -2.35. The second-order valence-electron chi connectivity index (χ2n) is 7.26. The highest BCUT2D eigenvalue weighted by Crippen LogP contribution is 2.25. The lowest BCUT2D eigenvalue weighted by Crippen LogP contribution is -2.50. The van der Waals surface area contributed by atoms with Crippen LogP contribution in [0.4, 0.5) is 14.5 Å². The molecule has 0 bridgehead atoms. The molecule has 172 valence electrons. The Balaban J connectivity index is 1.80. The Bertz CT molecular complexity index is 1230. The van der Waals surface area contributed by atoms with Gasteiger partial charge in [-0.05, 0) is 31.5 Å². The number of aromatic nitrogens is 1. The SMILES string of the molecule is CN=C(C1=C(N)C(C)N(C(=O)C(N)=NC=Nc2cc[nH]c(=O)c2)CC1)c1cc(F)cc(F)c1. The van der Waals surface area contributed by atoms with Gasteiger partial charge in [-0.1, -0.05) is 0 Å². The number of nitrogens with zero attached hydrogens (tertiary/aromatic N) is 4. The summed E-state index contributed by atoms with van der Waals surface area (Å²) in [5.41, 5.74) is 13.7. The van der Waals surface area contributed by atoms with Gasteiger partial charge in [0, 0.05) is 48.8 Å². The van der Waals surface area contributed by atoms with Gasteiger partial charge >= 0.3 is 0 Å². The first-order valence-electron chi connectivity index (χ1n) is 9.99. The quantitative estimate of drug-likeness (QED) is 0.476. The molecule has 9 nitrogen and oxygen atoms in total. The summed E-state index contributed by atoms with van der Waals surface area (Å²) in [5.74, 6) is -2.30. The van der Waals surface area contributed by atoms with E-state index in [1.54, 1.807) is 13.0 Å². The lowest BCUT2D eigenvalue weighted by atomic mass is 9.91. The number of hydrogen-bond acceptors (Lipinski definition) is 5. The van der Waals surface area contributed by atoms with Crippen LogP contribution >= 0.6 is 0 Å². The largest absolute Gasteiger partial charge is 0.400 e. The number of H-pyrrole nitrogens is 1. The second kappa shape index (κ2) is 9.98. The Morgan fingerprint density at radius 1 is 1.24 bits per heavy atom. The topological polar surface area (TPSA) is 142 Å². The van der Waals surface area contributed by atoms with Crippen LogP contribution in [0.3, 0.4) is 0 Å². The van der Waals surface area contributed by atoms with Crippen LogP contribution in [0.15, 0.2) is 67.6 Å². The third kappa shape index (κ3) is 5.37. The van der Waals surface area contributed by atoms with E-state index in [-0.39, 0.29) is 23.5 Å². The van der Waals surface area contributed by atoms with Crippen molar-refractivity contribution >= 4 is 29.5 Å². The van der Waals surface area contributed by atoms with E-state index in [4.69, 9.17) is 11.5 Å². The van der Waals surface area contributed by atoms with Crippen molar-refractivity contribution in [1.29, 1.82) is 0 Å². The van der Waals surface area contributed by atoms with E-state index in [9.17, 15) is 18.4 Å². The van der Waals surface area contributed by atoms with Gasteiger partial charge in [0.1, 0.15) is 18.0 Å². The first kappa shape index (κ1) is 23.5. The fraction of sp³-hybridized carbons (Fsp3) is 0.227. The van der Waals surface area contributed by atoms with Gasteiger partial charge in [0.05, 0.1) is 17.4 Å². The maximum Gasteiger partial charge on any atom is 0.289 e. The highest BCUT2D eigenvalue weighted by Gasteiger charge is 2.31. The number of carbonyl (C=O) groups excluding carboxylic acids is 1. The normalized spacial score (nSPS) is 17.7. The molecule has 2 heterocycles. The molecule has 1 unspecified atom stereocenters. The minimum Gasteiger partial charge on any atom is -0.400 e. The Labute approximate surface area is 188 Å². The predicted octanol–water partition coefficient (Wildman–Crippen LogP) is 1.62. The average Bonchev–Trinajstić information content (AvgIpc) is 2.76. The van der Waals surface area contributed by atoms with E-state index in [0.29, 0.717) is 29.1 Å². The molecule has 0 saturated carbocycles. The van der Waals surface area contributed by atoms with Crippen molar-refractivity contribution in [2.24, 2.45) is 26.4 Å². The van der Waals surface area contributed by atoms with Crippen LogP contribution < -0.4 is 17.0 Å². The number of rotatable bonds is 4. The Morgan fingerprint density at radius 3 is 2.58 bits per heavy atom. The Kier molecular flexibility index (Phi) is 7.11. The molecule has 0 radical (unpaired) electrons. The molecule has 1 aliphatic heterocycles. The molecule has 0 fully saturated rings. The molecule has 0 aliphatic carbocycles. The van der Waals surface area contributed by atoms with Gasteiger partial charge in [-0.15, -0.1) is 0 Å². The average molecular weight is 455 g/mol. The Hall–Kier alpha value is -4.15. The number of halogens is 2. The second-order valence-corrected chi connectivity index (χ2v) is 7.26. The number of nitrogens with one attached hydrogen (secondary N) is 1. The molecule has 1 aliphatic rings. The molecule has 3 rings (SSSR count). The molecule has 2 aromatic rings. The summed E-state index contributed by atoms with van der Waals surface area (Å²) in [6.07, 6.45) is 2.82. The molecule has 5 N–H and O–H groups in total. The molecule has 0 saturated heterocycles. The van der Waals surface area contributed by atoms with Gasteiger partial charge in [-0.25, -0.2) is 18.8 Å².